The molecule has 0 radical (unpaired) electrons. The molecule has 3 aromatic rings. The molecule has 4 rings (SSSR count). The van der Waals surface area contributed by atoms with E-state index in [4.69, 9.17) is 25.8 Å². The van der Waals surface area contributed by atoms with E-state index in [9.17, 15) is 19.3 Å². The van der Waals surface area contributed by atoms with Gasteiger partial charge in [0.05, 0.1) is 25.7 Å². The van der Waals surface area contributed by atoms with Gasteiger partial charge in [0.25, 0.3) is 5.69 Å². The molecule has 1 aliphatic rings. The molecule has 8 nitrogen and oxygen atoms in total. The predicted molar refractivity (Wildman–Crippen MR) is 140 cm³/mol. The van der Waals surface area contributed by atoms with E-state index in [1.54, 1.807) is 24.3 Å². The van der Waals surface area contributed by atoms with Crippen LogP contribution in [0.1, 0.15) is 23.6 Å². The monoisotopic (exact) mass is 622 g/mol. The Kier molecular flexibility index (Phi) is 7.85. The maximum Gasteiger partial charge on any atom is 0.363 e. The van der Waals surface area contributed by atoms with Crippen LogP contribution in [-0.4, -0.2) is 23.4 Å². The van der Waals surface area contributed by atoms with E-state index in [1.807, 2.05) is 6.92 Å². The molecule has 0 fully saturated rings. The lowest BCUT2D eigenvalue weighted by Gasteiger charge is -2.15. The van der Waals surface area contributed by atoms with Crippen LogP contribution in [0, 0.1) is 19.5 Å². The molecule has 1 aliphatic heterocycles. The van der Waals surface area contributed by atoms with Crippen molar-refractivity contribution in [1.29, 1.82) is 0 Å². The van der Waals surface area contributed by atoms with E-state index in [2.05, 4.69) is 27.6 Å². The van der Waals surface area contributed by atoms with Crippen LogP contribution in [0.3, 0.4) is 0 Å². The number of aliphatic imine (C=N–C) groups is 1. The maximum atomic E-state index is 13.5. The van der Waals surface area contributed by atoms with Crippen LogP contribution in [0.25, 0.3) is 6.08 Å². The highest BCUT2D eigenvalue weighted by Gasteiger charge is 2.27. The number of esters is 1. The minimum atomic E-state index is -0.696. The van der Waals surface area contributed by atoms with Gasteiger partial charge in [-0.15, -0.1) is 0 Å². The molecule has 0 bridgehead atoms. The van der Waals surface area contributed by atoms with Gasteiger partial charge in [0, 0.05) is 12.1 Å². The quantitative estimate of drug-likeness (QED) is 0.0959. The Bertz CT molecular complexity index is 1430. The van der Waals surface area contributed by atoms with E-state index in [-0.39, 0.29) is 40.3 Å². The number of hydrogen-bond donors (Lipinski definition) is 0. The summed E-state index contributed by atoms with van der Waals surface area (Å²) in [5.74, 6) is -0.169. The Labute approximate surface area is 223 Å². The Hall–Kier alpha value is -3.51. The molecule has 36 heavy (non-hydrogen) atoms. The van der Waals surface area contributed by atoms with Gasteiger partial charge in [-0.05, 0) is 77.0 Å². The summed E-state index contributed by atoms with van der Waals surface area (Å²) in [7, 11) is 0. The molecule has 0 aromatic heterocycles. The van der Waals surface area contributed by atoms with Gasteiger partial charge in [0.15, 0.2) is 17.2 Å². The first-order valence-electron chi connectivity index (χ1n) is 10.6. The summed E-state index contributed by atoms with van der Waals surface area (Å²) in [6.07, 6.45) is 1.52. The molecule has 11 heteroatoms. The number of ether oxygens (including phenoxy) is 3. The first-order chi connectivity index (χ1) is 17.2. The summed E-state index contributed by atoms with van der Waals surface area (Å²) in [4.78, 5) is 27.0. The lowest BCUT2D eigenvalue weighted by Crippen LogP contribution is -2.06. The highest BCUT2D eigenvalue weighted by Crippen LogP contribution is 2.36. The number of benzene rings is 3. The minimum absolute atomic E-state index is 0.0195. The van der Waals surface area contributed by atoms with Gasteiger partial charge in [-0.25, -0.2) is 14.2 Å². The second kappa shape index (κ2) is 11.0. The Balaban J connectivity index is 1.62. The van der Waals surface area contributed by atoms with Gasteiger partial charge in [0.2, 0.25) is 5.90 Å². The molecule has 0 aliphatic carbocycles. The Morgan fingerprint density at radius 2 is 2.00 bits per heavy atom. The van der Waals surface area contributed by atoms with Crippen LogP contribution in [-0.2, 0) is 16.1 Å². The molecule has 0 N–H and O–H groups in total. The van der Waals surface area contributed by atoms with Gasteiger partial charge >= 0.3 is 5.97 Å². The van der Waals surface area contributed by atoms with Crippen molar-refractivity contribution in [3.63, 3.8) is 0 Å². The number of cyclic esters (lactones) is 1. The fourth-order valence-electron chi connectivity index (χ4n) is 3.33. The Morgan fingerprint density at radius 3 is 2.69 bits per heavy atom. The molecule has 0 saturated heterocycles. The lowest BCUT2D eigenvalue weighted by atomic mass is 10.1. The topological polar surface area (TPSA) is 100 Å². The number of hydrogen-bond acceptors (Lipinski definition) is 7. The van der Waals surface area contributed by atoms with E-state index in [0.717, 1.165) is 6.07 Å². The molecule has 0 spiro atoms. The van der Waals surface area contributed by atoms with Crippen molar-refractivity contribution in [2.75, 3.05) is 6.61 Å². The Morgan fingerprint density at radius 1 is 1.19 bits per heavy atom. The van der Waals surface area contributed by atoms with Crippen molar-refractivity contribution < 1.29 is 28.3 Å². The molecular weight excluding hydrogens is 606 g/mol. The number of carbonyl (C=O) groups excluding carboxylic acids is 1. The van der Waals surface area contributed by atoms with Crippen molar-refractivity contribution >= 4 is 57.8 Å². The normalized spacial score (nSPS) is 13.9. The van der Waals surface area contributed by atoms with Gasteiger partial charge in [0.1, 0.15) is 12.4 Å². The number of carbonyl (C=O) groups is 1. The third kappa shape index (κ3) is 5.82. The lowest BCUT2D eigenvalue weighted by molar-refractivity contribution is -0.384. The zero-order chi connectivity index (χ0) is 25.8. The molecule has 0 unspecified atom stereocenters. The van der Waals surface area contributed by atoms with Crippen molar-refractivity contribution in [3.05, 3.63) is 102 Å². The molecule has 0 amide bonds. The van der Waals surface area contributed by atoms with Crippen LogP contribution in [0.2, 0.25) is 5.02 Å². The van der Waals surface area contributed by atoms with Crippen LogP contribution in [0.15, 0.2) is 65.3 Å². The van der Waals surface area contributed by atoms with Gasteiger partial charge in [-0.1, -0.05) is 23.7 Å². The van der Waals surface area contributed by atoms with Crippen LogP contribution < -0.4 is 9.47 Å². The van der Waals surface area contributed by atoms with E-state index in [1.165, 1.54) is 30.3 Å². The minimum Gasteiger partial charge on any atom is -0.490 e. The van der Waals surface area contributed by atoms with Gasteiger partial charge in [-0.3, -0.25) is 10.1 Å². The zero-order valence-electron chi connectivity index (χ0n) is 18.7. The third-order valence-corrected chi connectivity index (χ3v) is 6.04. The van der Waals surface area contributed by atoms with Gasteiger partial charge < -0.3 is 14.2 Å². The molecular formula is C25H17ClFIN2O6. The number of nitro benzene ring substituents is 1. The van der Waals surface area contributed by atoms with Crippen LogP contribution >= 0.6 is 34.2 Å². The molecule has 3 aromatic carbocycles. The fraction of sp³-hybridized carbons (Fsp3) is 0.120. The third-order valence-electron chi connectivity index (χ3n) is 4.92. The van der Waals surface area contributed by atoms with E-state index in [0.29, 0.717) is 32.8 Å². The highest BCUT2D eigenvalue weighted by molar-refractivity contribution is 14.1. The number of nitro groups is 1. The summed E-state index contributed by atoms with van der Waals surface area (Å²) in [6.45, 7) is 2.34. The summed E-state index contributed by atoms with van der Waals surface area (Å²) in [5.41, 5.74) is 1.35. The van der Waals surface area contributed by atoms with Crippen molar-refractivity contribution in [1.82, 2.24) is 0 Å². The molecule has 184 valence electrons. The largest absolute Gasteiger partial charge is 0.490 e. The smallest absolute Gasteiger partial charge is 0.363 e. The number of nitrogens with zero attached hydrogens (tertiary/aromatic N) is 2. The predicted octanol–water partition coefficient (Wildman–Crippen LogP) is 6.31. The number of non-ortho nitro benzene ring substituents is 1. The number of rotatable bonds is 8. The van der Waals surface area contributed by atoms with Crippen molar-refractivity contribution in [2.24, 2.45) is 4.99 Å². The zero-order valence-corrected chi connectivity index (χ0v) is 21.6. The first kappa shape index (κ1) is 25.6. The SMILES string of the molecule is CCOc1cc(/C=C2\N=C(c3ccc([N+](=O)[O-])cc3Cl)OC2=O)cc(I)c1OCc1cccc(F)c1. The van der Waals surface area contributed by atoms with Crippen LogP contribution in [0.4, 0.5) is 10.1 Å². The summed E-state index contributed by atoms with van der Waals surface area (Å²) in [5, 5.41) is 11.0. The summed E-state index contributed by atoms with van der Waals surface area (Å²) in [6, 6.07) is 13.4. The molecule has 0 atom stereocenters. The number of halogens is 3. The maximum absolute atomic E-state index is 13.5. The van der Waals surface area contributed by atoms with E-state index >= 15 is 0 Å². The second-order valence-electron chi connectivity index (χ2n) is 7.44. The van der Waals surface area contributed by atoms with Crippen molar-refractivity contribution in [2.45, 2.75) is 13.5 Å². The second-order valence-corrected chi connectivity index (χ2v) is 9.01. The van der Waals surface area contributed by atoms with Crippen molar-refractivity contribution in [3.8, 4) is 11.5 Å². The molecule has 1 heterocycles. The van der Waals surface area contributed by atoms with Crippen LogP contribution in [0.5, 0.6) is 11.5 Å². The summed E-state index contributed by atoms with van der Waals surface area (Å²) >= 11 is 8.22. The van der Waals surface area contributed by atoms with Gasteiger partial charge in [-0.2, -0.15) is 0 Å². The standard InChI is InChI=1S/C25H17ClFIN2O6/c1-2-34-22-11-15(9-20(28)23(22)35-13-14-4-3-5-16(27)8-14)10-21-25(31)36-24(29-21)18-7-6-17(30(32)33)12-19(18)26/h3-12H,2,13H2,1H3/b21-10-. The molecule has 0 saturated carbocycles. The average Bonchev–Trinajstić information content (AvgIpc) is 3.18. The summed E-state index contributed by atoms with van der Waals surface area (Å²) < 4.78 is 31.1. The fourth-order valence-corrected chi connectivity index (χ4v) is 4.37. The first-order valence-corrected chi connectivity index (χ1v) is 12.0. The highest BCUT2D eigenvalue weighted by atomic mass is 127. The average molecular weight is 623 g/mol. The van der Waals surface area contributed by atoms with E-state index < -0.39 is 10.9 Å².